The number of benzene rings is 1. The molecule has 2 rings (SSSR count). The Labute approximate surface area is 96.9 Å². The predicted octanol–water partition coefficient (Wildman–Crippen LogP) is 2.95. The van der Waals surface area contributed by atoms with Crippen LogP contribution in [-0.4, -0.2) is 11.5 Å². The van der Waals surface area contributed by atoms with Crippen molar-refractivity contribution in [3.8, 4) is 0 Å². The molecular formula is C13H17NS. The lowest BCUT2D eigenvalue weighted by molar-refractivity contribution is 0.314. The molecule has 1 aliphatic heterocycles. The zero-order valence-electron chi connectivity index (χ0n) is 9.12. The molecular weight excluding hydrogens is 202 g/mol. The van der Waals surface area contributed by atoms with Gasteiger partial charge in [0.2, 0.25) is 0 Å². The summed E-state index contributed by atoms with van der Waals surface area (Å²) < 4.78 is 0. The van der Waals surface area contributed by atoms with Gasteiger partial charge in [-0.3, -0.25) is 0 Å². The average Bonchev–Trinajstić information content (AvgIpc) is 2.62. The van der Waals surface area contributed by atoms with Crippen molar-refractivity contribution in [1.82, 2.24) is 5.32 Å². The Morgan fingerprint density at radius 2 is 2.07 bits per heavy atom. The van der Waals surface area contributed by atoms with Gasteiger partial charge in [0.1, 0.15) is 0 Å². The quantitative estimate of drug-likeness (QED) is 0.784. The van der Waals surface area contributed by atoms with Gasteiger partial charge >= 0.3 is 0 Å². The lowest BCUT2D eigenvalue weighted by atomic mass is 9.78. The second-order valence-electron chi connectivity index (χ2n) is 4.47. The number of hydrogen-bond donors (Lipinski definition) is 1. The van der Waals surface area contributed by atoms with E-state index in [4.69, 9.17) is 12.2 Å². The molecule has 0 radical (unpaired) electrons. The highest BCUT2D eigenvalue weighted by molar-refractivity contribution is 7.80. The predicted molar refractivity (Wildman–Crippen MR) is 68.1 cm³/mol. The van der Waals surface area contributed by atoms with E-state index in [1.165, 1.54) is 12.0 Å². The van der Waals surface area contributed by atoms with E-state index in [2.05, 4.69) is 42.6 Å². The molecule has 0 bridgehead atoms. The summed E-state index contributed by atoms with van der Waals surface area (Å²) in [5, 5.41) is 3.31. The van der Waals surface area contributed by atoms with Crippen LogP contribution >= 0.6 is 12.2 Å². The second-order valence-corrected chi connectivity index (χ2v) is 4.96. The van der Waals surface area contributed by atoms with Crippen molar-refractivity contribution in [2.75, 3.05) is 6.54 Å². The third-order valence-corrected chi connectivity index (χ3v) is 3.66. The normalized spacial score (nSPS) is 25.3. The van der Waals surface area contributed by atoms with Crippen molar-refractivity contribution in [3.63, 3.8) is 0 Å². The fourth-order valence-electron chi connectivity index (χ4n) is 2.28. The van der Waals surface area contributed by atoms with E-state index in [0.717, 1.165) is 24.4 Å². The van der Waals surface area contributed by atoms with Gasteiger partial charge in [-0.1, -0.05) is 49.5 Å². The molecule has 1 fully saturated rings. The first-order valence-corrected chi connectivity index (χ1v) is 5.96. The minimum atomic E-state index is 0.360. The molecule has 0 aromatic heterocycles. The van der Waals surface area contributed by atoms with Crippen LogP contribution in [-0.2, 0) is 6.42 Å². The summed E-state index contributed by atoms with van der Waals surface area (Å²) in [6, 6.07) is 10.7. The molecule has 1 N–H and O–H groups in total. The third-order valence-electron chi connectivity index (χ3n) is 3.37. The third kappa shape index (κ3) is 2.37. The second kappa shape index (κ2) is 4.31. The molecule has 15 heavy (non-hydrogen) atoms. The minimum Gasteiger partial charge on any atom is -0.379 e. The molecule has 1 aromatic carbocycles. The summed E-state index contributed by atoms with van der Waals surface area (Å²) in [4.78, 5) is 1.03. The molecule has 1 aromatic rings. The summed E-state index contributed by atoms with van der Waals surface area (Å²) >= 11 is 5.24. The van der Waals surface area contributed by atoms with Crippen LogP contribution in [0.3, 0.4) is 0 Å². The SMILES string of the molecule is CCC1(Cc2ccccc2)CNC(=S)C1. The van der Waals surface area contributed by atoms with Gasteiger partial charge in [-0.25, -0.2) is 0 Å². The number of hydrogen-bond acceptors (Lipinski definition) is 1. The minimum absolute atomic E-state index is 0.360. The van der Waals surface area contributed by atoms with Gasteiger partial charge in [-0.15, -0.1) is 0 Å². The van der Waals surface area contributed by atoms with Gasteiger partial charge < -0.3 is 5.32 Å². The molecule has 80 valence electrons. The van der Waals surface area contributed by atoms with Gasteiger partial charge in [0.05, 0.1) is 4.99 Å². The van der Waals surface area contributed by atoms with Crippen LogP contribution in [0.2, 0.25) is 0 Å². The van der Waals surface area contributed by atoms with E-state index >= 15 is 0 Å². The summed E-state index contributed by atoms with van der Waals surface area (Å²) in [5.41, 5.74) is 1.78. The molecule has 1 heterocycles. The Morgan fingerprint density at radius 3 is 2.60 bits per heavy atom. The van der Waals surface area contributed by atoms with E-state index in [1.807, 2.05) is 0 Å². The van der Waals surface area contributed by atoms with Gasteiger partial charge in [0.15, 0.2) is 0 Å². The zero-order valence-corrected chi connectivity index (χ0v) is 9.94. The largest absolute Gasteiger partial charge is 0.379 e. The Kier molecular flexibility index (Phi) is 3.06. The van der Waals surface area contributed by atoms with Gasteiger partial charge in [-0.2, -0.15) is 0 Å². The van der Waals surface area contributed by atoms with Crippen molar-refractivity contribution < 1.29 is 0 Å². The monoisotopic (exact) mass is 219 g/mol. The van der Waals surface area contributed by atoms with Crippen molar-refractivity contribution in [2.45, 2.75) is 26.2 Å². The number of thiocarbonyl (C=S) groups is 1. The molecule has 0 spiro atoms. The Morgan fingerprint density at radius 1 is 1.33 bits per heavy atom. The topological polar surface area (TPSA) is 12.0 Å². The highest BCUT2D eigenvalue weighted by atomic mass is 32.1. The first-order chi connectivity index (χ1) is 7.24. The maximum atomic E-state index is 5.24. The average molecular weight is 219 g/mol. The fraction of sp³-hybridized carbons (Fsp3) is 0.462. The highest BCUT2D eigenvalue weighted by Gasteiger charge is 2.34. The van der Waals surface area contributed by atoms with Crippen molar-refractivity contribution in [3.05, 3.63) is 35.9 Å². The summed E-state index contributed by atoms with van der Waals surface area (Å²) in [6.07, 6.45) is 3.38. The maximum absolute atomic E-state index is 5.24. The van der Waals surface area contributed by atoms with E-state index in [1.54, 1.807) is 0 Å². The van der Waals surface area contributed by atoms with Gasteiger partial charge in [0.25, 0.3) is 0 Å². The summed E-state index contributed by atoms with van der Waals surface area (Å²) in [6.45, 7) is 3.30. The van der Waals surface area contributed by atoms with E-state index in [-0.39, 0.29) is 0 Å². The first-order valence-electron chi connectivity index (χ1n) is 5.55. The van der Waals surface area contributed by atoms with Crippen LogP contribution in [0.25, 0.3) is 0 Å². The smallest absolute Gasteiger partial charge is 0.0759 e. The fourth-order valence-corrected chi connectivity index (χ4v) is 2.66. The van der Waals surface area contributed by atoms with E-state index in [0.29, 0.717) is 5.41 Å². The zero-order chi connectivity index (χ0) is 10.7. The molecule has 1 saturated heterocycles. The molecule has 0 amide bonds. The van der Waals surface area contributed by atoms with Crippen LogP contribution in [0.15, 0.2) is 30.3 Å². The standard InChI is InChI=1S/C13H17NS/c1-2-13(9-12(15)14-10-13)8-11-6-4-3-5-7-11/h3-7H,2,8-10H2,1H3,(H,14,15). The van der Waals surface area contributed by atoms with Crippen molar-refractivity contribution in [2.24, 2.45) is 5.41 Å². The molecule has 0 aliphatic carbocycles. The number of rotatable bonds is 3. The van der Waals surface area contributed by atoms with Crippen LogP contribution < -0.4 is 5.32 Å². The van der Waals surface area contributed by atoms with Gasteiger partial charge in [-0.05, 0) is 23.8 Å². The molecule has 2 heteroatoms. The van der Waals surface area contributed by atoms with Crippen molar-refractivity contribution >= 4 is 17.2 Å². The van der Waals surface area contributed by atoms with Crippen LogP contribution in [0.4, 0.5) is 0 Å². The van der Waals surface area contributed by atoms with Crippen LogP contribution in [0.5, 0.6) is 0 Å². The Balaban J connectivity index is 2.12. The van der Waals surface area contributed by atoms with Crippen LogP contribution in [0, 0.1) is 5.41 Å². The Hall–Kier alpha value is -0.890. The summed E-state index contributed by atoms with van der Waals surface area (Å²) in [5.74, 6) is 0. The maximum Gasteiger partial charge on any atom is 0.0759 e. The molecule has 1 unspecified atom stereocenters. The molecule has 0 saturated carbocycles. The molecule has 1 nitrogen and oxygen atoms in total. The lowest BCUT2D eigenvalue weighted by Crippen LogP contribution is -2.25. The van der Waals surface area contributed by atoms with E-state index < -0.39 is 0 Å². The Bertz CT molecular complexity index is 347. The first kappa shape index (κ1) is 10.6. The van der Waals surface area contributed by atoms with Crippen LogP contribution in [0.1, 0.15) is 25.3 Å². The lowest BCUT2D eigenvalue weighted by Gasteiger charge is -2.25. The molecule has 1 atom stereocenters. The van der Waals surface area contributed by atoms with E-state index in [9.17, 15) is 0 Å². The van der Waals surface area contributed by atoms with Crippen molar-refractivity contribution in [1.29, 1.82) is 0 Å². The highest BCUT2D eigenvalue weighted by Crippen LogP contribution is 2.34. The molecule has 1 aliphatic rings. The number of nitrogens with one attached hydrogen (secondary N) is 1. The summed E-state index contributed by atoms with van der Waals surface area (Å²) in [7, 11) is 0. The van der Waals surface area contributed by atoms with Gasteiger partial charge in [0, 0.05) is 13.0 Å².